The smallest absolute Gasteiger partial charge is 0.220 e. The van der Waals surface area contributed by atoms with Gasteiger partial charge in [0.25, 0.3) is 0 Å². The molecule has 4 aromatic rings. The number of thiazole rings is 1. The third-order valence-electron chi connectivity index (χ3n) is 3.68. The first-order valence-electron chi connectivity index (χ1n) is 7.35. The van der Waals surface area contributed by atoms with E-state index in [0.29, 0.717) is 10.8 Å². The number of tetrazole rings is 1. The van der Waals surface area contributed by atoms with Crippen LogP contribution in [0.15, 0.2) is 39.0 Å². The predicted molar refractivity (Wildman–Crippen MR) is 99.7 cm³/mol. The van der Waals surface area contributed by atoms with Crippen LogP contribution in [0.3, 0.4) is 0 Å². The zero-order chi connectivity index (χ0) is 17.4. The second-order valence-electron chi connectivity index (χ2n) is 5.26. The van der Waals surface area contributed by atoms with Crippen LogP contribution in [0.5, 0.6) is 0 Å². The minimum atomic E-state index is 0.655. The molecule has 4 rings (SSSR count). The van der Waals surface area contributed by atoms with Gasteiger partial charge in [-0.1, -0.05) is 17.8 Å². The molecule has 0 spiro atoms. The third-order valence-corrected chi connectivity index (χ3v) is 6.78. The van der Waals surface area contributed by atoms with Gasteiger partial charge in [-0.3, -0.25) is 0 Å². The fraction of sp³-hybridized carbons (Fsp3) is 0.200. The zero-order valence-electron chi connectivity index (χ0n) is 13.7. The third kappa shape index (κ3) is 3.12. The monoisotopic (exact) mass is 387 g/mol. The number of benzene rings is 1. The normalized spacial score (nSPS) is 11.3. The van der Waals surface area contributed by atoms with Gasteiger partial charge in [0.05, 0.1) is 5.69 Å². The molecule has 7 nitrogen and oxygen atoms in total. The molecular formula is C15H13N7S3. The number of aryl methyl sites for hydroxylation is 2. The maximum absolute atomic E-state index is 4.48. The van der Waals surface area contributed by atoms with Crippen molar-refractivity contribution in [2.75, 3.05) is 6.26 Å². The van der Waals surface area contributed by atoms with E-state index in [0.717, 1.165) is 19.8 Å². The molecule has 0 saturated carbocycles. The van der Waals surface area contributed by atoms with Crippen molar-refractivity contribution in [2.24, 2.45) is 0 Å². The maximum Gasteiger partial charge on any atom is 0.220 e. The lowest BCUT2D eigenvalue weighted by Gasteiger charge is -2.06. The van der Waals surface area contributed by atoms with Crippen molar-refractivity contribution in [3.63, 3.8) is 0 Å². The Kier molecular flexibility index (Phi) is 4.40. The molecule has 25 heavy (non-hydrogen) atoms. The molecule has 0 unspecified atom stereocenters. The number of aromatic nitrogens is 7. The van der Waals surface area contributed by atoms with E-state index in [4.69, 9.17) is 0 Å². The second kappa shape index (κ2) is 6.70. The summed E-state index contributed by atoms with van der Waals surface area (Å²) in [4.78, 5) is 13.1. The summed E-state index contributed by atoms with van der Waals surface area (Å²) in [6.07, 6.45) is 3.52. The Morgan fingerprint density at radius 1 is 1.12 bits per heavy atom. The highest BCUT2D eigenvalue weighted by molar-refractivity contribution is 8.00. The minimum Gasteiger partial charge on any atom is -0.228 e. The fourth-order valence-corrected chi connectivity index (χ4v) is 4.63. The molecule has 1 aromatic carbocycles. The van der Waals surface area contributed by atoms with Gasteiger partial charge in [0, 0.05) is 0 Å². The summed E-state index contributed by atoms with van der Waals surface area (Å²) < 4.78 is 3.64. The topological polar surface area (TPSA) is 82.3 Å². The van der Waals surface area contributed by atoms with E-state index >= 15 is 0 Å². The molecule has 3 aromatic heterocycles. The van der Waals surface area contributed by atoms with E-state index in [9.17, 15) is 0 Å². The lowest BCUT2D eigenvalue weighted by Crippen LogP contribution is -2.00. The summed E-state index contributed by atoms with van der Waals surface area (Å²) in [5.74, 6) is 0. The molecule has 0 aliphatic carbocycles. The van der Waals surface area contributed by atoms with E-state index in [1.807, 2.05) is 12.3 Å². The Morgan fingerprint density at radius 3 is 2.80 bits per heavy atom. The zero-order valence-corrected chi connectivity index (χ0v) is 16.1. The lowest BCUT2D eigenvalue weighted by atomic mass is 10.1. The summed E-state index contributed by atoms with van der Waals surface area (Å²) in [6, 6.07) is 6.15. The van der Waals surface area contributed by atoms with Crippen LogP contribution in [0.2, 0.25) is 0 Å². The van der Waals surface area contributed by atoms with Crippen LogP contribution in [0.4, 0.5) is 0 Å². The SMILES string of the molecule is CSc1nc2ncnc(Sc3nnnn3-c3ccc(C)c(C)c3)c2s1. The Labute approximate surface area is 156 Å². The Bertz CT molecular complexity index is 1060. The first-order valence-corrected chi connectivity index (χ1v) is 10.2. The predicted octanol–water partition coefficient (Wildman–Crippen LogP) is 3.55. The van der Waals surface area contributed by atoms with E-state index in [1.54, 1.807) is 27.8 Å². The van der Waals surface area contributed by atoms with Crippen molar-refractivity contribution in [1.82, 2.24) is 35.2 Å². The van der Waals surface area contributed by atoms with Crippen molar-refractivity contribution in [2.45, 2.75) is 28.4 Å². The van der Waals surface area contributed by atoms with Gasteiger partial charge in [-0.25, -0.2) is 15.0 Å². The summed E-state index contributed by atoms with van der Waals surface area (Å²) in [7, 11) is 0. The number of fused-ring (bicyclic) bond motifs is 1. The van der Waals surface area contributed by atoms with E-state index in [1.165, 1.54) is 29.2 Å². The quantitative estimate of drug-likeness (QED) is 0.388. The van der Waals surface area contributed by atoms with Gasteiger partial charge in [-0.05, 0) is 65.6 Å². The standard InChI is InChI=1S/C15H13N7S3/c1-8-4-5-10(6-9(8)2)22-14(19-20-21-22)25-13-11-12(16-7-17-13)18-15(23-3)24-11/h4-7H,1-3H3. The van der Waals surface area contributed by atoms with Crippen LogP contribution < -0.4 is 0 Å². The van der Waals surface area contributed by atoms with Crippen LogP contribution in [-0.4, -0.2) is 41.4 Å². The van der Waals surface area contributed by atoms with Gasteiger partial charge in [0.1, 0.15) is 16.1 Å². The van der Waals surface area contributed by atoms with Crippen molar-refractivity contribution in [3.8, 4) is 5.69 Å². The molecule has 0 N–H and O–H groups in total. The number of rotatable bonds is 4. The van der Waals surface area contributed by atoms with Crippen LogP contribution >= 0.6 is 34.9 Å². The van der Waals surface area contributed by atoms with Gasteiger partial charge in [-0.2, -0.15) is 4.68 Å². The number of hydrogen-bond donors (Lipinski definition) is 0. The second-order valence-corrected chi connectivity index (χ2v) is 8.27. The van der Waals surface area contributed by atoms with Crippen molar-refractivity contribution in [3.05, 3.63) is 35.7 Å². The largest absolute Gasteiger partial charge is 0.228 e. The number of thioether (sulfide) groups is 1. The average Bonchev–Trinajstić information content (AvgIpc) is 3.24. The summed E-state index contributed by atoms with van der Waals surface area (Å²) in [5.41, 5.74) is 4.06. The average molecular weight is 388 g/mol. The van der Waals surface area contributed by atoms with Gasteiger partial charge in [0.2, 0.25) is 5.16 Å². The first-order chi connectivity index (χ1) is 12.2. The summed E-state index contributed by atoms with van der Waals surface area (Å²) in [5, 5.41) is 13.6. The van der Waals surface area contributed by atoms with E-state index in [2.05, 4.69) is 56.5 Å². The molecular weight excluding hydrogens is 374 g/mol. The fourth-order valence-electron chi connectivity index (χ4n) is 2.22. The highest BCUT2D eigenvalue weighted by atomic mass is 32.2. The highest BCUT2D eigenvalue weighted by Crippen LogP contribution is 2.35. The van der Waals surface area contributed by atoms with Crippen molar-refractivity contribution >= 4 is 45.2 Å². The molecule has 126 valence electrons. The minimum absolute atomic E-state index is 0.655. The van der Waals surface area contributed by atoms with Crippen LogP contribution in [0, 0.1) is 13.8 Å². The number of nitrogens with zero attached hydrogens (tertiary/aromatic N) is 7. The van der Waals surface area contributed by atoms with Crippen molar-refractivity contribution in [1.29, 1.82) is 0 Å². The molecule has 0 bridgehead atoms. The Hall–Kier alpha value is -2.04. The molecule has 0 saturated heterocycles. The van der Waals surface area contributed by atoms with Crippen LogP contribution in [0.25, 0.3) is 16.0 Å². The number of hydrogen-bond acceptors (Lipinski definition) is 9. The summed E-state index contributed by atoms with van der Waals surface area (Å²) in [6.45, 7) is 4.16. The van der Waals surface area contributed by atoms with E-state index < -0.39 is 0 Å². The van der Waals surface area contributed by atoms with Crippen molar-refractivity contribution < 1.29 is 0 Å². The molecule has 0 aliphatic rings. The summed E-state index contributed by atoms with van der Waals surface area (Å²) >= 11 is 4.59. The molecule has 0 radical (unpaired) electrons. The molecule has 0 aliphatic heterocycles. The first kappa shape index (κ1) is 16.4. The van der Waals surface area contributed by atoms with Gasteiger partial charge >= 0.3 is 0 Å². The molecule has 10 heteroatoms. The van der Waals surface area contributed by atoms with Gasteiger partial charge < -0.3 is 0 Å². The maximum atomic E-state index is 4.48. The lowest BCUT2D eigenvalue weighted by molar-refractivity contribution is 0.755. The molecule has 0 amide bonds. The van der Waals surface area contributed by atoms with Gasteiger partial charge in [0.15, 0.2) is 9.99 Å². The molecule has 0 atom stereocenters. The van der Waals surface area contributed by atoms with Gasteiger partial charge in [-0.15, -0.1) is 16.4 Å². The Morgan fingerprint density at radius 2 is 2.00 bits per heavy atom. The van der Waals surface area contributed by atoms with Crippen LogP contribution in [0.1, 0.15) is 11.1 Å². The van der Waals surface area contributed by atoms with Crippen LogP contribution in [-0.2, 0) is 0 Å². The van der Waals surface area contributed by atoms with E-state index in [-0.39, 0.29) is 0 Å². The molecule has 3 heterocycles. The Balaban J connectivity index is 1.74. The molecule has 0 fully saturated rings. The highest BCUT2D eigenvalue weighted by Gasteiger charge is 2.16.